The normalized spacial score (nSPS) is 18.8. The third kappa shape index (κ3) is 4.06. The van der Waals surface area contributed by atoms with Gasteiger partial charge in [-0.15, -0.1) is 0 Å². The van der Waals surface area contributed by atoms with E-state index in [1.54, 1.807) is 35.7 Å². The summed E-state index contributed by atoms with van der Waals surface area (Å²) in [5.74, 6) is -0.950. The number of carbonyl (C=O) groups is 1. The van der Waals surface area contributed by atoms with Gasteiger partial charge in [-0.2, -0.15) is 0 Å². The summed E-state index contributed by atoms with van der Waals surface area (Å²) in [7, 11) is -1.25. The standard InChI is InChI=1S/C23H26O3S/c1-22(2)12-13-23(3,4)20-15-18(9-10-19(20)22)27(26)14-11-16-5-7-17(8-6-16)21(24)25/h5-11,14-15H,12-13H2,1-4H3,(H,24,25)/b14-11+. The first kappa shape index (κ1) is 19.6. The third-order valence-electron chi connectivity index (χ3n) is 5.60. The van der Waals surface area contributed by atoms with Crippen LogP contribution in [0.3, 0.4) is 0 Å². The van der Waals surface area contributed by atoms with E-state index in [0.717, 1.165) is 23.3 Å². The second-order valence-corrected chi connectivity index (χ2v) is 9.84. The minimum absolute atomic E-state index is 0.0848. The van der Waals surface area contributed by atoms with Crippen LogP contribution >= 0.6 is 0 Å². The molecule has 2 aromatic rings. The van der Waals surface area contributed by atoms with Gasteiger partial charge in [0.25, 0.3) is 0 Å². The fourth-order valence-corrected chi connectivity index (χ4v) is 4.52. The summed E-state index contributed by atoms with van der Waals surface area (Å²) < 4.78 is 12.8. The van der Waals surface area contributed by atoms with Crippen LogP contribution in [0.25, 0.3) is 6.08 Å². The Bertz CT molecular complexity index is 921. The maximum Gasteiger partial charge on any atom is 0.335 e. The molecule has 1 unspecified atom stereocenters. The second-order valence-electron chi connectivity index (χ2n) is 8.50. The molecule has 142 valence electrons. The van der Waals surface area contributed by atoms with E-state index in [2.05, 4.69) is 39.8 Å². The van der Waals surface area contributed by atoms with Crippen LogP contribution in [-0.2, 0) is 21.6 Å². The minimum Gasteiger partial charge on any atom is -0.478 e. The first-order valence-electron chi connectivity index (χ1n) is 9.17. The summed E-state index contributed by atoms with van der Waals surface area (Å²) in [6.07, 6.45) is 4.05. The van der Waals surface area contributed by atoms with Crippen LogP contribution in [0.1, 0.15) is 67.6 Å². The van der Waals surface area contributed by atoms with Crippen molar-refractivity contribution in [1.29, 1.82) is 0 Å². The summed E-state index contributed by atoms with van der Waals surface area (Å²) in [6.45, 7) is 9.07. The van der Waals surface area contributed by atoms with Gasteiger partial charge in [-0.1, -0.05) is 45.9 Å². The van der Waals surface area contributed by atoms with Crippen molar-refractivity contribution in [3.05, 3.63) is 70.1 Å². The van der Waals surface area contributed by atoms with Crippen molar-refractivity contribution in [3.8, 4) is 0 Å². The number of rotatable bonds is 4. The van der Waals surface area contributed by atoms with Crippen molar-refractivity contribution in [3.63, 3.8) is 0 Å². The third-order valence-corrected chi connectivity index (χ3v) is 6.70. The zero-order valence-electron chi connectivity index (χ0n) is 16.3. The SMILES string of the molecule is CC1(C)CCC(C)(C)c2cc(S(=O)/C=C/c3ccc(C(=O)O)cc3)ccc21. The predicted molar refractivity (Wildman–Crippen MR) is 111 cm³/mol. The zero-order valence-corrected chi connectivity index (χ0v) is 17.1. The van der Waals surface area contributed by atoms with E-state index in [0.29, 0.717) is 0 Å². The molecule has 0 amide bonds. The highest BCUT2D eigenvalue weighted by atomic mass is 32.2. The number of hydrogen-bond donors (Lipinski definition) is 1. The average Bonchev–Trinajstić information content (AvgIpc) is 2.63. The fourth-order valence-electron chi connectivity index (χ4n) is 3.65. The maximum atomic E-state index is 12.8. The molecule has 0 saturated carbocycles. The Morgan fingerprint density at radius 1 is 0.963 bits per heavy atom. The van der Waals surface area contributed by atoms with E-state index in [9.17, 15) is 9.00 Å². The second kappa shape index (κ2) is 7.08. The number of carboxylic acids is 1. The monoisotopic (exact) mass is 382 g/mol. The van der Waals surface area contributed by atoms with Crippen molar-refractivity contribution in [1.82, 2.24) is 0 Å². The molecule has 4 heteroatoms. The first-order valence-corrected chi connectivity index (χ1v) is 10.4. The molecule has 3 nitrogen and oxygen atoms in total. The topological polar surface area (TPSA) is 54.4 Å². The summed E-state index contributed by atoms with van der Waals surface area (Å²) in [4.78, 5) is 11.7. The van der Waals surface area contributed by atoms with E-state index >= 15 is 0 Å². The quantitative estimate of drug-likeness (QED) is 0.758. The summed E-state index contributed by atoms with van der Waals surface area (Å²) >= 11 is 0. The Labute approximate surface area is 163 Å². The van der Waals surface area contributed by atoms with Gasteiger partial charge in [0.2, 0.25) is 0 Å². The van der Waals surface area contributed by atoms with E-state index in [1.165, 1.54) is 11.1 Å². The Hall–Kier alpha value is -2.20. The van der Waals surface area contributed by atoms with Crippen LogP contribution in [0.5, 0.6) is 0 Å². The lowest BCUT2D eigenvalue weighted by atomic mass is 9.63. The van der Waals surface area contributed by atoms with Crippen molar-refractivity contribution in [2.45, 2.75) is 56.3 Å². The van der Waals surface area contributed by atoms with Crippen molar-refractivity contribution < 1.29 is 14.1 Å². The lowest BCUT2D eigenvalue weighted by Gasteiger charge is -2.42. The van der Waals surface area contributed by atoms with Gasteiger partial charge in [-0.05, 0) is 70.7 Å². The lowest BCUT2D eigenvalue weighted by molar-refractivity contribution is 0.0697. The first-order chi connectivity index (χ1) is 12.6. The van der Waals surface area contributed by atoms with Crippen molar-refractivity contribution in [2.24, 2.45) is 0 Å². The highest BCUT2D eigenvalue weighted by molar-refractivity contribution is 7.88. The Balaban J connectivity index is 1.86. The predicted octanol–water partition coefficient (Wildman–Crippen LogP) is 5.51. The van der Waals surface area contributed by atoms with Gasteiger partial charge in [0, 0.05) is 10.3 Å². The maximum absolute atomic E-state index is 12.8. The molecule has 1 N–H and O–H groups in total. The molecule has 0 aromatic heterocycles. The van der Waals surface area contributed by atoms with Gasteiger partial charge in [0.15, 0.2) is 0 Å². The van der Waals surface area contributed by atoms with Crippen LogP contribution in [-0.4, -0.2) is 15.3 Å². The van der Waals surface area contributed by atoms with E-state index in [-0.39, 0.29) is 16.4 Å². The van der Waals surface area contributed by atoms with Crippen LogP contribution < -0.4 is 0 Å². The van der Waals surface area contributed by atoms with E-state index in [4.69, 9.17) is 5.11 Å². The zero-order chi connectivity index (χ0) is 19.8. The van der Waals surface area contributed by atoms with Crippen LogP contribution in [0, 0.1) is 0 Å². The minimum atomic E-state index is -1.25. The molecule has 27 heavy (non-hydrogen) atoms. The van der Waals surface area contributed by atoms with Gasteiger partial charge in [0.1, 0.15) is 0 Å². The highest BCUT2D eigenvalue weighted by Crippen LogP contribution is 2.46. The molecule has 2 aromatic carbocycles. The van der Waals surface area contributed by atoms with Crippen molar-refractivity contribution >= 4 is 22.8 Å². The van der Waals surface area contributed by atoms with E-state index < -0.39 is 16.8 Å². The van der Waals surface area contributed by atoms with Gasteiger partial charge >= 0.3 is 5.97 Å². The smallest absolute Gasteiger partial charge is 0.335 e. The van der Waals surface area contributed by atoms with E-state index in [1.807, 2.05) is 6.07 Å². The Kier molecular flexibility index (Phi) is 5.13. The lowest BCUT2D eigenvalue weighted by Crippen LogP contribution is -2.33. The molecule has 0 saturated heterocycles. The molecule has 0 heterocycles. The number of fused-ring (bicyclic) bond motifs is 1. The van der Waals surface area contributed by atoms with Gasteiger partial charge in [-0.25, -0.2) is 9.00 Å². The molecule has 0 bridgehead atoms. The Morgan fingerprint density at radius 2 is 1.56 bits per heavy atom. The van der Waals surface area contributed by atoms with Gasteiger partial charge in [0.05, 0.1) is 16.4 Å². The van der Waals surface area contributed by atoms with Crippen LogP contribution in [0.15, 0.2) is 52.8 Å². The Morgan fingerprint density at radius 3 is 2.15 bits per heavy atom. The number of aromatic carboxylic acids is 1. The van der Waals surface area contributed by atoms with Gasteiger partial charge < -0.3 is 5.11 Å². The highest BCUT2D eigenvalue weighted by Gasteiger charge is 2.37. The molecule has 0 radical (unpaired) electrons. The molecular formula is C23H26O3S. The van der Waals surface area contributed by atoms with Crippen LogP contribution in [0.4, 0.5) is 0 Å². The number of hydrogen-bond acceptors (Lipinski definition) is 2. The molecule has 1 aliphatic carbocycles. The summed E-state index contributed by atoms with van der Waals surface area (Å²) in [5, 5.41) is 10.6. The molecular weight excluding hydrogens is 356 g/mol. The summed E-state index contributed by atoms with van der Waals surface area (Å²) in [6, 6.07) is 12.7. The van der Waals surface area contributed by atoms with Crippen LogP contribution in [0.2, 0.25) is 0 Å². The summed E-state index contributed by atoms with van der Waals surface area (Å²) in [5.41, 5.74) is 3.95. The van der Waals surface area contributed by atoms with Gasteiger partial charge in [-0.3, -0.25) is 0 Å². The molecule has 3 rings (SSSR count). The fraction of sp³-hybridized carbons (Fsp3) is 0.348. The van der Waals surface area contributed by atoms with Crippen molar-refractivity contribution in [2.75, 3.05) is 0 Å². The molecule has 0 fully saturated rings. The number of carboxylic acid groups (broad SMARTS) is 1. The molecule has 1 aliphatic rings. The molecule has 0 spiro atoms. The largest absolute Gasteiger partial charge is 0.478 e. The molecule has 0 aliphatic heterocycles. The number of benzene rings is 2. The average molecular weight is 383 g/mol. The molecule has 1 atom stereocenters.